The molecule has 0 radical (unpaired) electrons. The van der Waals surface area contributed by atoms with Crippen molar-refractivity contribution >= 4 is 11.7 Å². The number of nitrogens with one attached hydrogen (secondary N) is 2. The second-order valence-corrected chi connectivity index (χ2v) is 6.99. The molecule has 0 saturated heterocycles. The lowest BCUT2D eigenvalue weighted by Crippen LogP contribution is -2.21. The van der Waals surface area contributed by atoms with Gasteiger partial charge in [0.1, 0.15) is 0 Å². The molecular weight excluding hydrogens is 322 g/mol. The maximum atomic E-state index is 11.1. The SMILES string of the molecule is CCNCc1ccccc1.NC(=O)Nc1c2c(cc3c1CCC3)CCC2. The van der Waals surface area contributed by atoms with E-state index in [9.17, 15) is 4.79 Å². The fraction of sp³-hybridized carbons (Fsp3) is 0.409. The monoisotopic (exact) mass is 351 g/mol. The molecule has 2 aliphatic carbocycles. The van der Waals surface area contributed by atoms with E-state index in [1.54, 1.807) is 0 Å². The molecule has 0 heterocycles. The van der Waals surface area contributed by atoms with E-state index in [2.05, 4.69) is 47.9 Å². The molecule has 4 rings (SSSR count). The standard InChI is InChI=1S/C13H16N2O.C9H13N/c14-13(16)15-12-10-5-1-3-8(10)7-9-4-2-6-11(9)12;1-2-10-8-9-6-4-3-5-7-9/h7H,1-6H2,(H3,14,15,16);3-7,10H,2,8H2,1H3. The van der Waals surface area contributed by atoms with Gasteiger partial charge in [-0.1, -0.05) is 43.3 Å². The molecule has 0 unspecified atom stereocenters. The largest absolute Gasteiger partial charge is 0.351 e. The molecule has 2 aromatic carbocycles. The van der Waals surface area contributed by atoms with Crippen molar-refractivity contribution in [3.63, 3.8) is 0 Å². The molecule has 4 heteroatoms. The van der Waals surface area contributed by atoms with Crippen molar-refractivity contribution in [2.75, 3.05) is 11.9 Å². The second-order valence-electron chi connectivity index (χ2n) is 6.99. The van der Waals surface area contributed by atoms with Gasteiger partial charge in [0.05, 0.1) is 0 Å². The zero-order valence-corrected chi connectivity index (χ0v) is 15.6. The molecule has 4 nitrogen and oxygen atoms in total. The van der Waals surface area contributed by atoms with E-state index in [0.29, 0.717) is 0 Å². The van der Waals surface area contributed by atoms with Crippen LogP contribution in [0.1, 0.15) is 47.6 Å². The molecule has 0 spiro atoms. The fourth-order valence-electron chi connectivity index (χ4n) is 3.96. The third-order valence-electron chi connectivity index (χ3n) is 5.14. The van der Waals surface area contributed by atoms with Crippen molar-refractivity contribution in [2.24, 2.45) is 5.73 Å². The summed E-state index contributed by atoms with van der Waals surface area (Å²) in [5, 5.41) is 6.11. The number of benzene rings is 2. The number of rotatable bonds is 4. The molecule has 26 heavy (non-hydrogen) atoms. The maximum absolute atomic E-state index is 11.1. The number of amides is 2. The van der Waals surface area contributed by atoms with Crippen LogP contribution in [0, 0.1) is 0 Å². The van der Waals surface area contributed by atoms with Gasteiger partial charge in [-0.05, 0) is 72.9 Å². The molecule has 138 valence electrons. The Morgan fingerprint density at radius 2 is 1.62 bits per heavy atom. The van der Waals surface area contributed by atoms with Crippen LogP contribution < -0.4 is 16.4 Å². The maximum Gasteiger partial charge on any atom is 0.316 e. The van der Waals surface area contributed by atoms with Gasteiger partial charge in [-0.3, -0.25) is 0 Å². The summed E-state index contributed by atoms with van der Waals surface area (Å²) in [4.78, 5) is 11.1. The summed E-state index contributed by atoms with van der Waals surface area (Å²) in [5.41, 5.74) is 13.2. The summed E-state index contributed by atoms with van der Waals surface area (Å²) in [7, 11) is 0. The molecule has 0 fully saturated rings. The van der Waals surface area contributed by atoms with Crippen LogP contribution in [-0.4, -0.2) is 12.6 Å². The smallest absolute Gasteiger partial charge is 0.316 e. The Morgan fingerprint density at radius 3 is 2.15 bits per heavy atom. The summed E-state index contributed by atoms with van der Waals surface area (Å²) in [5.74, 6) is 0. The number of fused-ring (bicyclic) bond motifs is 2. The van der Waals surface area contributed by atoms with Crippen LogP contribution >= 0.6 is 0 Å². The number of hydrogen-bond donors (Lipinski definition) is 3. The first kappa shape index (κ1) is 18.5. The van der Waals surface area contributed by atoms with E-state index in [4.69, 9.17) is 5.73 Å². The fourth-order valence-corrected chi connectivity index (χ4v) is 3.96. The van der Waals surface area contributed by atoms with Crippen LogP contribution in [-0.2, 0) is 32.2 Å². The summed E-state index contributed by atoms with van der Waals surface area (Å²) >= 11 is 0. The van der Waals surface area contributed by atoms with Gasteiger partial charge in [0.25, 0.3) is 0 Å². The van der Waals surface area contributed by atoms with Crippen LogP contribution in [0.2, 0.25) is 0 Å². The van der Waals surface area contributed by atoms with Gasteiger partial charge in [0.15, 0.2) is 0 Å². The lowest BCUT2D eigenvalue weighted by Gasteiger charge is -2.14. The minimum Gasteiger partial charge on any atom is -0.351 e. The van der Waals surface area contributed by atoms with E-state index in [0.717, 1.165) is 44.5 Å². The minimum atomic E-state index is -0.436. The molecular formula is C22H29N3O. The van der Waals surface area contributed by atoms with Crippen molar-refractivity contribution in [1.82, 2.24) is 5.32 Å². The van der Waals surface area contributed by atoms with Gasteiger partial charge in [-0.15, -0.1) is 0 Å². The van der Waals surface area contributed by atoms with E-state index < -0.39 is 6.03 Å². The van der Waals surface area contributed by atoms with Crippen LogP contribution in [0.5, 0.6) is 0 Å². The third-order valence-corrected chi connectivity index (χ3v) is 5.14. The summed E-state index contributed by atoms with van der Waals surface area (Å²) in [6.45, 7) is 4.13. The second kappa shape index (κ2) is 8.86. The minimum absolute atomic E-state index is 0.436. The normalized spacial score (nSPS) is 14.2. The highest BCUT2D eigenvalue weighted by atomic mass is 16.2. The molecule has 0 aliphatic heterocycles. The highest BCUT2D eigenvalue weighted by Crippen LogP contribution is 2.38. The Morgan fingerprint density at radius 1 is 1.00 bits per heavy atom. The molecule has 0 aromatic heterocycles. The first-order chi connectivity index (χ1) is 12.7. The van der Waals surface area contributed by atoms with Gasteiger partial charge in [-0.2, -0.15) is 0 Å². The number of primary amides is 1. The lowest BCUT2D eigenvalue weighted by atomic mass is 9.99. The van der Waals surface area contributed by atoms with E-state index in [1.165, 1.54) is 40.7 Å². The number of nitrogens with two attached hydrogens (primary N) is 1. The van der Waals surface area contributed by atoms with Crippen LogP contribution in [0.4, 0.5) is 10.5 Å². The number of hydrogen-bond acceptors (Lipinski definition) is 2. The number of anilines is 1. The number of aryl methyl sites for hydroxylation is 2. The number of carbonyl (C=O) groups is 1. The summed E-state index contributed by atoms with van der Waals surface area (Å²) in [6.07, 6.45) is 6.86. The van der Waals surface area contributed by atoms with Gasteiger partial charge >= 0.3 is 6.03 Å². The molecule has 2 amide bonds. The highest BCUT2D eigenvalue weighted by molar-refractivity contribution is 5.90. The van der Waals surface area contributed by atoms with Crippen LogP contribution in [0.15, 0.2) is 36.4 Å². The van der Waals surface area contributed by atoms with E-state index in [-0.39, 0.29) is 0 Å². The van der Waals surface area contributed by atoms with Gasteiger partial charge in [-0.25, -0.2) is 4.79 Å². The van der Waals surface area contributed by atoms with Gasteiger partial charge in [0, 0.05) is 12.2 Å². The van der Waals surface area contributed by atoms with E-state index >= 15 is 0 Å². The Kier molecular flexibility index (Phi) is 6.29. The zero-order chi connectivity index (χ0) is 18.4. The summed E-state index contributed by atoms with van der Waals surface area (Å²) < 4.78 is 0. The van der Waals surface area contributed by atoms with Crippen molar-refractivity contribution in [1.29, 1.82) is 0 Å². The first-order valence-electron chi connectivity index (χ1n) is 9.66. The Hall–Kier alpha value is -2.33. The molecule has 0 atom stereocenters. The van der Waals surface area contributed by atoms with Crippen LogP contribution in [0.3, 0.4) is 0 Å². The van der Waals surface area contributed by atoms with Crippen LogP contribution in [0.25, 0.3) is 0 Å². The summed E-state index contributed by atoms with van der Waals surface area (Å²) in [6, 6.07) is 12.3. The molecule has 0 bridgehead atoms. The average molecular weight is 351 g/mol. The molecule has 4 N–H and O–H groups in total. The lowest BCUT2D eigenvalue weighted by molar-refractivity contribution is 0.259. The highest BCUT2D eigenvalue weighted by Gasteiger charge is 2.24. The molecule has 2 aliphatic rings. The Labute approximate surface area is 156 Å². The van der Waals surface area contributed by atoms with Crippen molar-refractivity contribution in [2.45, 2.75) is 52.0 Å². The van der Waals surface area contributed by atoms with Crippen molar-refractivity contribution in [3.05, 3.63) is 64.2 Å². The van der Waals surface area contributed by atoms with Gasteiger partial charge < -0.3 is 16.4 Å². The molecule has 2 aromatic rings. The first-order valence-corrected chi connectivity index (χ1v) is 9.66. The zero-order valence-electron chi connectivity index (χ0n) is 15.6. The van der Waals surface area contributed by atoms with E-state index in [1.807, 2.05) is 6.07 Å². The van der Waals surface area contributed by atoms with Crippen molar-refractivity contribution < 1.29 is 4.79 Å². The van der Waals surface area contributed by atoms with Crippen molar-refractivity contribution in [3.8, 4) is 0 Å². The molecule has 0 saturated carbocycles. The average Bonchev–Trinajstić information content (AvgIpc) is 3.30. The van der Waals surface area contributed by atoms with Gasteiger partial charge in [0.2, 0.25) is 0 Å². The number of carbonyl (C=O) groups excluding carboxylic acids is 1. The predicted molar refractivity (Wildman–Crippen MR) is 108 cm³/mol. The third kappa shape index (κ3) is 4.44. The predicted octanol–water partition coefficient (Wildman–Crippen LogP) is 3.95. The topological polar surface area (TPSA) is 67.1 Å². The Balaban J connectivity index is 0.000000170. The quantitative estimate of drug-likeness (QED) is 0.781. The Bertz CT molecular complexity index is 723. The number of urea groups is 1.